The molecule has 9 heteroatoms. The molecule has 0 spiro atoms. The van der Waals surface area contributed by atoms with Gasteiger partial charge in [-0.15, -0.1) is 0 Å². The number of nitrogens with zero attached hydrogens (tertiary/aromatic N) is 4. The van der Waals surface area contributed by atoms with Gasteiger partial charge in [0, 0.05) is 39.6 Å². The maximum atomic E-state index is 13.0. The van der Waals surface area contributed by atoms with Crippen LogP contribution < -0.4 is 10.1 Å². The van der Waals surface area contributed by atoms with Gasteiger partial charge in [0.25, 0.3) is 0 Å². The Morgan fingerprint density at radius 1 is 1.16 bits per heavy atom. The molecule has 0 bridgehead atoms. The van der Waals surface area contributed by atoms with Crippen molar-refractivity contribution < 1.29 is 19.1 Å². The molecule has 1 aromatic carbocycles. The number of nitrogens with one attached hydrogen (secondary N) is 1. The third-order valence-corrected chi connectivity index (χ3v) is 6.51. The average Bonchev–Trinajstić information content (AvgIpc) is 3.46. The molecule has 2 heterocycles. The van der Waals surface area contributed by atoms with Crippen molar-refractivity contribution in [3.63, 3.8) is 0 Å². The Labute approximate surface area is 188 Å². The zero-order chi connectivity index (χ0) is 22.7. The minimum Gasteiger partial charge on any atom is -0.495 e. The van der Waals surface area contributed by atoms with E-state index >= 15 is 0 Å². The van der Waals surface area contributed by atoms with E-state index in [1.165, 1.54) is 4.90 Å². The highest BCUT2D eigenvalue weighted by atomic mass is 16.5. The van der Waals surface area contributed by atoms with Crippen LogP contribution in [0, 0.1) is 11.8 Å². The van der Waals surface area contributed by atoms with E-state index in [9.17, 15) is 9.59 Å². The number of benzene rings is 1. The molecule has 0 unspecified atom stereocenters. The Kier molecular flexibility index (Phi) is 6.64. The SMILES string of the molecule is COc1ccccc1NC(=O)N1C[C@H]2C[C@H](OCC(=O)N(C)C)[C@@H](n3cccn3)C[C@H]2C1. The van der Waals surface area contributed by atoms with Crippen molar-refractivity contribution >= 4 is 17.6 Å². The zero-order valence-corrected chi connectivity index (χ0v) is 18.8. The lowest BCUT2D eigenvalue weighted by atomic mass is 9.77. The fourth-order valence-electron chi connectivity index (χ4n) is 4.74. The summed E-state index contributed by atoms with van der Waals surface area (Å²) < 4.78 is 13.4. The van der Waals surface area contributed by atoms with E-state index < -0.39 is 0 Å². The fourth-order valence-corrected chi connectivity index (χ4v) is 4.74. The molecule has 1 aliphatic carbocycles. The van der Waals surface area contributed by atoms with Crippen molar-refractivity contribution in [2.45, 2.75) is 25.0 Å². The molecule has 0 radical (unpaired) electrons. The number of likely N-dealkylation sites (tertiary alicyclic amines) is 1. The Bertz CT molecular complexity index is 932. The number of fused-ring (bicyclic) bond motifs is 1. The monoisotopic (exact) mass is 441 g/mol. The van der Waals surface area contributed by atoms with Crippen molar-refractivity contribution in [1.29, 1.82) is 0 Å². The molecule has 9 nitrogen and oxygen atoms in total. The summed E-state index contributed by atoms with van der Waals surface area (Å²) >= 11 is 0. The molecule has 2 aromatic rings. The normalized spacial score (nSPS) is 24.7. The van der Waals surface area contributed by atoms with Crippen molar-refractivity contribution in [3.8, 4) is 5.75 Å². The van der Waals surface area contributed by atoms with Gasteiger partial charge in [-0.25, -0.2) is 4.79 Å². The first kappa shape index (κ1) is 22.1. The van der Waals surface area contributed by atoms with E-state index in [0.717, 1.165) is 12.8 Å². The lowest BCUT2D eigenvalue weighted by molar-refractivity contribution is -0.138. The number of carbonyl (C=O) groups is 2. The van der Waals surface area contributed by atoms with E-state index in [4.69, 9.17) is 9.47 Å². The van der Waals surface area contributed by atoms with Gasteiger partial charge >= 0.3 is 6.03 Å². The maximum Gasteiger partial charge on any atom is 0.321 e. The Balaban J connectivity index is 1.44. The lowest BCUT2D eigenvalue weighted by Gasteiger charge is -2.37. The number of hydrogen-bond acceptors (Lipinski definition) is 5. The van der Waals surface area contributed by atoms with Crippen molar-refractivity contribution in [2.75, 3.05) is 46.2 Å². The third kappa shape index (κ3) is 4.72. The molecule has 1 N–H and O–H groups in total. The van der Waals surface area contributed by atoms with Crippen LogP contribution in [-0.4, -0.2) is 78.5 Å². The van der Waals surface area contributed by atoms with E-state index in [1.54, 1.807) is 27.4 Å². The summed E-state index contributed by atoms with van der Waals surface area (Å²) in [4.78, 5) is 28.5. The molecular weight excluding hydrogens is 410 g/mol. The van der Waals surface area contributed by atoms with Gasteiger partial charge in [-0.2, -0.15) is 5.10 Å². The van der Waals surface area contributed by atoms with Crippen LogP contribution in [0.5, 0.6) is 5.75 Å². The van der Waals surface area contributed by atoms with Crippen LogP contribution in [0.15, 0.2) is 42.7 Å². The number of anilines is 1. The van der Waals surface area contributed by atoms with Gasteiger partial charge in [0.1, 0.15) is 12.4 Å². The molecule has 3 amide bonds. The van der Waals surface area contributed by atoms with Crippen molar-refractivity contribution in [2.24, 2.45) is 11.8 Å². The van der Waals surface area contributed by atoms with Crippen LogP contribution in [0.2, 0.25) is 0 Å². The number of likely N-dealkylation sites (N-methyl/N-ethyl adjacent to an activating group) is 1. The maximum absolute atomic E-state index is 13.0. The molecule has 4 atom stereocenters. The van der Waals surface area contributed by atoms with E-state index in [1.807, 2.05) is 46.1 Å². The highest BCUT2D eigenvalue weighted by molar-refractivity contribution is 5.91. The second kappa shape index (κ2) is 9.60. The summed E-state index contributed by atoms with van der Waals surface area (Å²) in [5, 5.41) is 7.41. The molecule has 1 aromatic heterocycles. The average molecular weight is 442 g/mol. The molecular formula is C23H31N5O4. The number of amides is 3. The van der Waals surface area contributed by atoms with Gasteiger partial charge in [-0.05, 0) is 42.9 Å². The van der Waals surface area contributed by atoms with Gasteiger partial charge < -0.3 is 24.6 Å². The first-order valence-electron chi connectivity index (χ1n) is 11.0. The summed E-state index contributed by atoms with van der Waals surface area (Å²) in [6.45, 7) is 1.40. The largest absolute Gasteiger partial charge is 0.495 e. The number of para-hydroxylation sites is 2. The molecule has 1 saturated carbocycles. The number of aromatic nitrogens is 2. The van der Waals surface area contributed by atoms with Crippen LogP contribution in [0.25, 0.3) is 0 Å². The first-order chi connectivity index (χ1) is 15.5. The Hall–Kier alpha value is -3.07. The number of methoxy groups -OCH3 is 1. The van der Waals surface area contributed by atoms with Gasteiger partial charge in [0.05, 0.1) is 24.9 Å². The molecule has 172 valence electrons. The van der Waals surface area contributed by atoms with Crippen molar-refractivity contribution in [3.05, 3.63) is 42.7 Å². The van der Waals surface area contributed by atoms with Crippen LogP contribution in [-0.2, 0) is 9.53 Å². The highest BCUT2D eigenvalue weighted by Gasteiger charge is 2.45. The first-order valence-corrected chi connectivity index (χ1v) is 11.0. The summed E-state index contributed by atoms with van der Waals surface area (Å²) in [5.74, 6) is 1.26. The molecule has 2 aliphatic rings. The van der Waals surface area contributed by atoms with Crippen molar-refractivity contribution in [1.82, 2.24) is 19.6 Å². The quantitative estimate of drug-likeness (QED) is 0.744. The molecule has 2 fully saturated rings. The topological polar surface area (TPSA) is 88.9 Å². The Morgan fingerprint density at radius 3 is 2.59 bits per heavy atom. The third-order valence-electron chi connectivity index (χ3n) is 6.51. The standard InChI is InChI=1S/C23H31N5O4/c1-26(2)22(29)15-32-21-12-17-14-27(13-16(17)11-19(21)28-10-6-9-24-28)23(30)25-18-7-4-5-8-20(18)31-3/h4-10,16-17,19,21H,11-15H2,1-3H3,(H,25,30)/t16-,17+,19-,21-/m0/s1. The van der Waals surface area contributed by atoms with E-state index in [-0.39, 0.29) is 30.7 Å². The van der Waals surface area contributed by atoms with Crippen LogP contribution in [0.4, 0.5) is 10.5 Å². The highest BCUT2D eigenvalue weighted by Crippen LogP contribution is 2.42. The summed E-state index contributed by atoms with van der Waals surface area (Å²) in [6, 6.07) is 9.21. The number of hydrogen-bond donors (Lipinski definition) is 1. The van der Waals surface area contributed by atoms with Gasteiger partial charge in [-0.3, -0.25) is 9.48 Å². The number of carbonyl (C=O) groups excluding carboxylic acids is 2. The molecule has 1 aliphatic heterocycles. The summed E-state index contributed by atoms with van der Waals surface area (Å²) in [7, 11) is 5.04. The molecule has 1 saturated heterocycles. The number of urea groups is 1. The summed E-state index contributed by atoms with van der Waals surface area (Å²) in [6.07, 6.45) is 5.21. The zero-order valence-electron chi connectivity index (χ0n) is 18.8. The summed E-state index contributed by atoms with van der Waals surface area (Å²) in [5.41, 5.74) is 0.660. The van der Waals surface area contributed by atoms with E-state index in [0.29, 0.717) is 36.4 Å². The molecule has 4 rings (SSSR count). The minimum atomic E-state index is -0.128. The van der Waals surface area contributed by atoms with Crippen LogP contribution >= 0.6 is 0 Å². The Morgan fingerprint density at radius 2 is 1.91 bits per heavy atom. The van der Waals surface area contributed by atoms with Crippen LogP contribution in [0.3, 0.4) is 0 Å². The fraction of sp³-hybridized carbons (Fsp3) is 0.522. The lowest BCUT2D eigenvalue weighted by Crippen LogP contribution is -2.40. The van der Waals surface area contributed by atoms with Crippen LogP contribution in [0.1, 0.15) is 18.9 Å². The number of ether oxygens (including phenoxy) is 2. The second-order valence-corrected chi connectivity index (χ2v) is 8.72. The predicted octanol–water partition coefficient (Wildman–Crippen LogP) is 2.48. The predicted molar refractivity (Wildman–Crippen MR) is 119 cm³/mol. The minimum absolute atomic E-state index is 0.0402. The second-order valence-electron chi connectivity index (χ2n) is 8.72. The molecule has 32 heavy (non-hydrogen) atoms. The van der Waals surface area contributed by atoms with E-state index in [2.05, 4.69) is 10.4 Å². The smallest absolute Gasteiger partial charge is 0.321 e. The van der Waals surface area contributed by atoms with Gasteiger partial charge in [0.2, 0.25) is 5.91 Å². The van der Waals surface area contributed by atoms with Gasteiger partial charge in [-0.1, -0.05) is 12.1 Å². The number of rotatable bonds is 6. The van der Waals surface area contributed by atoms with Gasteiger partial charge in [0.15, 0.2) is 0 Å².